The highest BCUT2D eigenvalue weighted by Crippen LogP contribution is 2.38. The summed E-state index contributed by atoms with van der Waals surface area (Å²) in [6.07, 6.45) is 49.9. The fourth-order valence-corrected chi connectivity index (χ4v) is 8.59. The molecule has 3 atom stereocenters. The molecule has 1 N–H and O–H groups in total. The summed E-state index contributed by atoms with van der Waals surface area (Å²) in [7, 11) is 1.19. The molecule has 0 spiro atoms. The highest BCUT2D eigenvalue weighted by atomic mass is 31.2. The molecule has 0 aromatic heterocycles. The number of esters is 1. The summed E-state index contributed by atoms with van der Waals surface area (Å²) in [5, 5.41) is 3.01. The molecule has 0 fully saturated rings. The molecular formula is C54H105N2O7P. The lowest BCUT2D eigenvalue weighted by Gasteiger charge is -2.30. The lowest BCUT2D eigenvalue weighted by molar-refractivity contribution is -0.870. The van der Waals surface area contributed by atoms with E-state index in [1.54, 1.807) is 0 Å². The molecule has 0 rings (SSSR count). The highest BCUT2D eigenvalue weighted by molar-refractivity contribution is 7.45. The molecule has 0 saturated heterocycles. The second kappa shape index (κ2) is 45.3. The second-order valence-electron chi connectivity index (χ2n) is 19.7. The number of ether oxygens (including phenoxy) is 1. The number of carbonyl (C=O) groups is 2. The number of carbonyl (C=O) groups excluding carboxylic acids is 2. The summed E-state index contributed by atoms with van der Waals surface area (Å²) in [6, 6.07) is -0.886. The Balaban J connectivity index is 5.38. The Kier molecular flexibility index (Phi) is 44.2. The van der Waals surface area contributed by atoms with E-state index in [1.165, 1.54) is 154 Å². The molecule has 0 radical (unpaired) electrons. The van der Waals surface area contributed by atoms with Gasteiger partial charge in [-0.25, -0.2) is 0 Å². The first-order valence-corrected chi connectivity index (χ1v) is 28.6. The summed E-state index contributed by atoms with van der Waals surface area (Å²) < 4.78 is 30.1. The molecule has 3 unspecified atom stereocenters. The lowest BCUT2D eigenvalue weighted by Crippen LogP contribution is -2.47. The Morgan fingerprint density at radius 3 is 1.34 bits per heavy atom. The van der Waals surface area contributed by atoms with Crippen LogP contribution < -0.4 is 10.2 Å². The van der Waals surface area contributed by atoms with E-state index in [1.807, 2.05) is 33.3 Å². The monoisotopic (exact) mass is 925 g/mol. The van der Waals surface area contributed by atoms with Crippen molar-refractivity contribution >= 4 is 19.7 Å². The van der Waals surface area contributed by atoms with Gasteiger partial charge in [0, 0.05) is 12.8 Å². The number of likely N-dealkylation sites (N-methyl/N-ethyl adjacent to an activating group) is 1. The zero-order chi connectivity index (χ0) is 47.3. The van der Waals surface area contributed by atoms with E-state index in [4.69, 9.17) is 13.8 Å². The molecular weight excluding hydrogens is 820 g/mol. The van der Waals surface area contributed by atoms with E-state index in [2.05, 4.69) is 38.2 Å². The maximum Gasteiger partial charge on any atom is 0.306 e. The molecule has 0 aliphatic carbocycles. The van der Waals surface area contributed by atoms with Crippen LogP contribution in [0.15, 0.2) is 24.3 Å². The molecule has 0 aliphatic heterocycles. The van der Waals surface area contributed by atoms with Crippen LogP contribution >= 0.6 is 7.82 Å². The predicted octanol–water partition coefficient (Wildman–Crippen LogP) is 15.2. The van der Waals surface area contributed by atoms with Gasteiger partial charge in [0.2, 0.25) is 5.91 Å². The minimum Gasteiger partial charge on any atom is -0.756 e. The number of allylic oxidation sites excluding steroid dienone is 3. The predicted molar refractivity (Wildman–Crippen MR) is 270 cm³/mol. The van der Waals surface area contributed by atoms with Crippen molar-refractivity contribution in [3.63, 3.8) is 0 Å². The van der Waals surface area contributed by atoms with Crippen LogP contribution in [0, 0.1) is 0 Å². The van der Waals surface area contributed by atoms with E-state index in [0.29, 0.717) is 23.9 Å². The van der Waals surface area contributed by atoms with Crippen LogP contribution in [0.4, 0.5) is 0 Å². The van der Waals surface area contributed by atoms with E-state index in [-0.39, 0.29) is 31.5 Å². The molecule has 64 heavy (non-hydrogen) atoms. The quantitative estimate of drug-likeness (QED) is 0.0212. The summed E-state index contributed by atoms with van der Waals surface area (Å²) in [4.78, 5) is 39.7. The van der Waals surface area contributed by atoms with Gasteiger partial charge in [0.15, 0.2) is 0 Å². The Bertz CT molecular complexity index is 1160. The van der Waals surface area contributed by atoms with Gasteiger partial charge in [-0.2, -0.15) is 0 Å². The van der Waals surface area contributed by atoms with Crippen molar-refractivity contribution < 1.29 is 37.3 Å². The van der Waals surface area contributed by atoms with Crippen LogP contribution in [0.1, 0.15) is 258 Å². The number of unbranched alkanes of at least 4 members (excludes halogenated alkanes) is 31. The van der Waals surface area contributed by atoms with Gasteiger partial charge in [-0.15, -0.1) is 0 Å². The molecule has 9 nitrogen and oxygen atoms in total. The second-order valence-corrected chi connectivity index (χ2v) is 21.1. The number of rotatable bonds is 49. The normalized spacial score (nSPS) is 14.0. The third kappa shape index (κ3) is 45.6. The number of hydrogen-bond acceptors (Lipinski definition) is 7. The molecule has 0 aromatic carbocycles. The van der Waals surface area contributed by atoms with Crippen LogP contribution in [0.5, 0.6) is 0 Å². The fraction of sp³-hybridized carbons (Fsp3) is 0.889. The molecule has 10 heteroatoms. The maximum atomic E-state index is 13.4. The molecule has 0 aliphatic rings. The van der Waals surface area contributed by atoms with E-state index < -0.39 is 20.0 Å². The molecule has 0 aromatic rings. The van der Waals surface area contributed by atoms with Crippen molar-refractivity contribution in [2.75, 3.05) is 40.9 Å². The summed E-state index contributed by atoms with van der Waals surface area (Å²) in [5.41, 5.74) is 0. The number of hydrogen-bond donors (Lipinski definition) is 1. The van der Waals surface area contributed by atoms with Crippen LogP contribution in [-0.2, 0) is 27.9 Å². The van der Waals surface area contributed by atoms with Crippen LogP contribution in [-0.4, -0.2) is 69.4 Å². The van der Waals surface area contributed by atoms with Gasteiger partial charge in [0.1, 0.15) is 19.3 Å². The van der Waals surface area contributed by atoms with Crippen LogP contribution in [0.25, 0.3) is 0 Å². The highest BCUT2D eigenvalue weighted by Gasteiger charge is 2.27. The van der Waals surface area contributed by atoms with Crippen molar-refractivity contribution in [2.45, 2.75) is 270 Å². The van der Waals surface area contributed by atoms with Gasteiger partial charge >= 0.3 is 5.97 Å². The Morgan fingerprint density at radius 1 is 0.531 bits per heavy atom. The molecule has 1 amide bonds. The van der Waals surface area contributed by atoms with E-state index >= 15 is 0 Å². The zero-order valence-electron chi connectivity index (χ0n) is 43.0. The summed E-state index contributed by atoms with van der Waals surface area (Å²) >= 11 is 0. The standard InChI is InChI=1S/C54H105N2O7P/c1-7-10-13-16-19-22-25-27-29-31-34-37-40-43-46-53(57)55-51(50-62-64(59,60)61-49-48-56(4,5)6)52(45-42-39-36-33-30-24-21-18-15-12-9-3)63-54(58)47-44-41-38-35-32-28-26-23-20-17-14-11-8-2/h28,32,42,45,51-52H,7-27,29-31,33-41,43-44,46-50H2,1-6H3,(H-,55,57,59,60)/b32-28-,45-42+. The van der Waals surface area contributed by atoms with Crippen molar-refractivity contribution in [3.8, 4) is 0 Å². The van der Waals surface area contributed by atoms with E-state index in [0.717, 1.165) is 64.2 Å². The van der Waals surface area contributed by atoms with Crippen molar-refractivity contribution in [1.29, 1.82) is 0 Å². The minimum absolute atomic E-state index is 0.0214. The van der Waals surface area contributed by atoms with Gasteiger partial charge in [-0.1, -0.05) is 212 Å². The Labute approximate surface area is 396 Å². The first-order valence-electron chi connectivity index (χ1n) is 27.1. The Hall–Kier alpha value is -1.51. The average molecular weight is 925 g/mol. The number of quaternary nitrogens is 1. The number of nitrogens with one attached hydrogen (secondary N) is 1. The van der Waals surface area contributed by atoms with Gasteiger partial charge in [-0.05, 0) is 57.4 Å². The molecule has 378 valence electrons. The maximum absolute atomic E-state index is 13.4. The number of phosphoric acid groups is 1. The number of amides is 1. The topological polar surface area (TPSA) is 114 Å². The van der Waals surface area contributed by atoms with Gasteiger partial charge < -0.3 is 28.5 Å². The average Bonchev–Trinajstić information content (AvgIpc) is 3.25. The molecule has 0 bridgehead atoms. The van der Waals surface area contributed by atoms with Crippen LogP contribution in [0.2, 0.25) is 0 Å². The largest absolute Gasteiger partial charge is 0.756 e. The van der Waals surface area contributed by atoms with Gasteiger partial charge in [0.05, 0.1) is 33.8 Å². The van der Waals surface area contributed by atoms with Crippen molar-refractivity contribution in [1.82, 2.24) is 5.32 Å². The fourth-order valence-electron chi connectivity index (χ4n) is 7.87. The van der Waals surface area contributed by atoms with E-state index in [9.17, 15) is 19.0 Å². The third-order valence-electron chi connectivity index (χ3n) is 12.1. The summed E-state index contributed by atoms with van der Waals surface area (Å²) in [6.45, 7) is 6.83. The molecule has 0 saturated carbocycles. The summed E-state index contributed by atoms with van der Waals surface area (Å²) in [5.74, 6) is -0.552. The Morgan fingerprint density at radius 2 is 0.906 bits per heavy atom. The van der Waals surface area contributed by atoms with Crippen LogP contribution in [0.3, 0.4) is 0 Å². The number of nitrogens with zero attached hydrogens (tertiary/aromatic N) is 1. The van der Waals surface area contributed by atoms with Crippen molar-refractivity contribution in [3.05, 3.63) is 24.3 Å². The van der Waals surface area contributed by atoms with Gasteiger partial charge in [-0.3, -0.25) is 14.2 Å². The third-order valence-corrected chi connectivity index (χ3v) is 13.1. The smallest absolute Gasteiger partial charge is 0.306 e. The number of phosphoric ester groups is 1. The first kappa shape index (κ1) is 62.5. The van der Waals surface area contributed by atoms with Crippen molar-refractivity contribution in [2.24, 2.45) is 0 Å². The lowest BCUT2D eigenvalue weighted by atomic mass is 10.0. The zero-order valence-corrected chi connectivity index (χ0v) is 43.9. The first-order chi connectivity index (χ1) is 30.9. The van der Waals surface area contributed by atoms with Gasteiger partial charge in [0.25, 0.3) is 7.82 Å². The SMILES string of the molecule is CCCCCCCC/C=C\CCCCCC(=O)OC(/C=C/CCCCCCCCCCC)C(COP(=O)([O-])OCC[N+](C)(C)C)NC(=O)CCCCCCCCCCCCCCCC. The molecule has 0 heterocycles. The minimum atomic E-state index is -4.68.